The van der Waals surface area contributed by atoms with Crippen LogP contribution >= 0.6 is 12.2 Å². The van der Waals surface area contributed by atoms with Crippen molar-refractivity contribution in [3.05, 3.63) is 64.9 Å². The van der Waals surface area contributed by atoms with Gasteiger partial charge in [0.15, 0.2) is 10.6 Å². The maximum Gasteiger partial charge on any atom is 0.200 e. The van der Waals surface area contributed by atoms with Crippen LogP contribution in [-0.2, 0) is 0 Å². The maximum atomic E-state index is 10.1. The third-order valence-corrected chi connectivity index (χ3v) is 4.52. The summed E-state index contributed by atoms with van der Waals surface area (Å²) >= 11 is 5.45. The largest absolute Gasteiger partial charge is 0.508 e. The average Bonchev–Trinajstić information content (AvgIpc) is 2.97. The third-order valence-electron chi connectivity index (χ3n) is 4.24. The van der Waals surface area contributed by atoms with E-state index in [2.05, 4.69) is 10.2 Å². The molecule has 5 nitrogen and oxygen atoms in total. The number of fused-ring (bicyclic) bond motifs is 1. The number of rotatable bonds is 2. The van der Waals surface area contributed by atoms with Gasteiger partial charge in [0.05, 0.1) is 5.69 Å². The number of H-pyrrole nitrogens is 1. The van der Waals surface area contributed by atoms with E-state index < -0.39 is 0 Å². The minimum absolute atomic E-state index is 0.206. The summed E-state index contributed by atoms with van der Waals surface area (Å²) in [5.74, 6) is 1.08. The number of nitrogens with one attached hydrogen (secondary N) is 1. The molecule has 0 aliphatic heterocycles. The fourth-order valence-electron chi connectivity index (χ4n) is 3.06. The molecule has 0 bridgehead atoms. The van der Waals surface area contributed by atoms with Crippen molar-refractivity contribution >= 4 is 23.0 Å². The lowest BCUT2D eigenvalue weighted by molar-refractivity contribution is 0.475. The van der Waals surface area contributed by atoms with Crippen LogP contribution in [0.1, 0.15) is 5.56 Å². The molecule has 4 rings (SSSR count). The van der Waals surface area contributed by atoms with Crippen molar-refractivity contribution < 1.29 is 10.2 Å². The maximum absolute atomic E-state index is 10.1. The van der Waals surface area contributed by atoms with Crippen LogP contribution in [0, 0.1) is 11.7 Å². The van der Waals surface area contributed by atoms with E-state index in [1.54, 1.807) is 18.2 Å². The van der Waals surface area contributed by atoms with Crippen LogP contribution in [0.25, 0.3) is 27.8 Å². The second-order valence-corrected chi connectivity index (χ2v) is 6.22. The van der Waals surface area contributed by atoms with Gasteiger partial charge in [0.1, 0.15) is 11.5 Å². The summed E-state index contributed by atoms with van der Waals surface area (Å²) in [6, 6.07) is 16.2. The van der Waals surface area contributed by atoms with Gasteiger partial charge in [0.25, 0.3) is 0 Å². The average molecular weight is 349 g/mol. The van der Waals surface area contributed by atoms with E-state index in [0.717, 1.165) is 27.6 Å². The van der Waals surface area contributed by atoms with Crippen LogP contribution in [0.4, 0.5) is 0 Å². The van der Waals surface area contributed by atoms with Gasteiger partial charge in [0.2, 0.25) is 0 Å². The summed E-state index contributed by atoms with van der Waals surface area (Å²) in [4.78, 5) is 0. The number of aromatic amines is 1. The molecule has 0 fully saturated rings. The third kappa shape index (κ3) is 2.47. The molecule has 1 heterocycles. The number of hydrogen-bond acceptors (Lipinski definition) is 4. The van der Waals surface area contributed by atoms with Gasteiger partial charge in [-0.2, -0.15) is 5.10 Å². The SMILES string of the molecule is Cc1cc(O)ccc1-c1n[nH]c(=S)n1-c1ccc(O)c2ccccc12. The number of phenolic OH excluding ortho intramolecular Hbond substituents is 2. The van der Waals surface area contributed by atoms with Crippen LogP contribution in [0.15, 0.2) is 54.6 Å². The van der Waals surface area contributed by atoms with Gasteiger partial charge < -0.3 is 10.2 Å². The number of phenols is 2. The standard InChI is InChI=1S/C19H15N3O2S/c1-11-10-12(23)6-7-13(11)18-20-21-19(25)22(18)16-8-9-17(24)15-5-3-2-4-14(15)16/h2-10,23-24H,1H3,(H,21,25). The Labute approximate surface area is 148 Å². The predicted molar refractivity (Wildman–Crippen MR) is 99.8 cm³/mol. The van der Waals surface area contributed by atoms with Crippen LogP contribution in [0.2, 0.25) is 0 Å². The van der Waals surface area contributed by atoms with Crippen LogP contribution in [0.3, 0.4) is 0 Å². The van der Waals surface area contributed by atoms with E-state index in [1.165, 1.54) is 0 Å². The highest BCUT2D eigenvalue weighted by atomic mass is 32.1. The van der Waals surface area contributed by atoms with Crippen molar-refractivity contribution in [2.75, 3.05) is 0 Å². The number of nitrogens with zero attached hydrogens (tertiary/aromatic N) is 2. The van der Waals surface area contributed by atoms with Gasteiger partial charge in [-0.25, -0.2) is 0 Å². The fourth-order valence-corrected chi connectivity index (χ4v) is 3.29. The van der Waals surface area contributed by atoms with Crippen molar-refractivity contribution in [2.24, 2.45) is 0 Å². The summed E-state index contributed by atoms with van der Waals surface area (Å²) in [6.07, 6.45) is 0. The van der Waals surface area contributed by atoms with E-state index in [-0.39, 0.29) is 11.5 Å². The highest BCUT2D eigenvalue weighted by Gasteiger charge is 2.16. The first-order chi connectivity index (χ1) is 12.1. The van der Waals surface area contributed by atoms with E-state index in [1.807, 2.05) is 47.9 Å². The van der Waals surface area contributed by atoms with Crippen molar-refractivity contribution in [2.45, 2.75) is 6.92 Å². The Bertz CT molecular complexity index is 1160. The second-order valence-electron chi connectivity index (χ2n) is 5.84. The first-order valence-corrected chi connectivity index (χ1v) is 8.15. The molecule has 1 aromatic heterocycles. The molecule has 0 saturated carbocycles. The monoisotopic (exact) mass is 349 g/mol. The smallest absolute Gasteiger partial charge is 0.200 e. The van der Waals surface area contributed by atoms with Crippen LogP contribution < -0.4 is 0 Å². The van der Waals surface area contributed by atoms with E-state index in [9.17, 15) is 10.2 Å². The minimum atomic E-state index is 0.206. The molecule has 3 N–H and O–H groups in total. The zero-order valence-electron chi connectivity index (χ0n) is 13.4. The molecular formula is C19H15N3O2S. The van der Waals surface area contributed by atoms with Gasteiger partial charge in [-0.1, -0.05) is 24.3 Å². The number of aryl methyl sites for hydroxylation is 1. The first-order valence-electron chi connectivity index (χ1n) is 7.75. The lowest BCUT2D eigenvalue weighted by Gasteiger charge is -2.12. The quantitative estimate of drug-likeness (QED) is 0.467. The molecule has 0 spiro atoms. The molecule has 0 amide bonds. The molecule has 0 saturated heterocycles. The number of benzene rings is 3. The Morgan fingerprint density at radius 2 is 1.76 bits per heavy atom. The fraction of sp³-hybridized carbons (Fsp3) is 0.0526. The van der Waals surface area contributed by atoms with E-state index >= 15 is 0 Å². The Morgan fingerprint density at radius 1 is 1.00 bits per heavy atom. The summed E-state index contributed by atoms with van der Waals surface area (Å²) in [7, 11) is 0. The first kappa shape index (κ1) is 15.4. The molecule has 0 aliphatic carbocycles. The zero-order chi connectivity index (χ0) is 17.6. The van der Waals surface area contributed by atoms with Crippen molar-refractivity contribution in [3.63, 3.8) is 0 Å². The molecule has 4 aromatic rings. The summed E-state index contributed by atoms with van der Waals surface area (Å²) in [6.45, 7) is 1.91. The molecule has 0 aliphatic rings. The Hall–Kier alpha value is -3.12. The Kier molecular flexibility index (Phi) is 3.54. The molecule has 6 heteroatoms. The van der Waals surface area contributed by atoms with E-state index in [4.69, 9.17) is 12.2 Å². The normalized spacial score (nSPS) is 11.1. The predicted octanol–water partition coefficient (Wildman–Crippen LogP) is 4.47. The number of aromatic nitrogens is 3. The van der Waals surface area contributed by atoms with Gasteiger partial charge in [-0.3, -0.25) is 9.67 Å². The molecule has 0 radical (unpaired) electrons. The molecule has 124 valence electrons. The summed E-state index contributed by atoms with van der Waals surface area (Å²) < 4.78 is 2.30. The van der Waals surface area contributed by atoms with Crippen molar-refractivity contribution in [1.82, 2.24) is 14.8 Å². The molecule has 0 atom stereocenters. The lowest BCUT2D eigenvalue weighted by Crippen LogP contribution is -2.00. The molecular weight excluding hydrogens is 334 g/mol. The number of hydrogen-bond donors (Lipinski definition) is 3. The van der Waals surface area contributed by atoms with Crippen LogP contribution in [-0.4, -0.2) is 25.0 Å². The summed E-state index contributed by atoms with van der Waals surface area (Å²) in [5, 5.41) is 28.7. The zero-order valence-corrected chi connectivity index (χ0v) is 14.2. The molecule has 0 unspecified atom stereocenters. The van der Waals surface area contributed by atoms with Crippen molar-refractivity contribution in [1.29, 1.82) is 0 Å². The van der Waals surface area contributed by atoms with Crippen LogP contribution in [0.5, 0.6) is 11.5 Å². The van der Waals surface area contributed by atoms with Crippen molar-refractivity contribution in [3.8, 4) is 28.6 Å². The minimum Gasteiger partial charge on any atom is -0.508 e. The lowest BCUT2D eigenvalue weighted by atomic mass is 10.1. The number of aromatic hydroxyl groups is 2. The molecule has 25 heavy (non-hydrogen) atoms. The topological polar surface area (TPSA) is 74.1 Å². The van der Waals surface area contributed by atoms with Gasteiger partial charge in [-0.05, 0) is 55.0 Å². The van der Waals surface area contributed by atoms with Gasteiger partial charge in [-0.15, -0.1) is 0 Å². The highest BCUT2D eigenvalue weighted by Crippen LogP contribution is 2.33. The van der Waals surface area contributed by atoms with Gasteiger partial charge >= 0.3 is 0 Å². The second kappa shape index (κ2) is 5.75. The Balaban J connectivity index is 2.04. The molecule has 3 aromatic carbocycles. The Morgan fingerprint density at radius 3 is 2.52 bits per heavy atom. The van der Waals surface area contributed by atoms with Gasteiger partial charge in [0, 0.05) is 16.3 Å². The van der Waals surface area contributed by atoms with E-state index in [0.29, 0.717) is 10.6 Å². The summed E-state index contributed by atoms with van der Waals surface area (Å²) in [5.41, 5.74) is 2.58. The highest BCUT2D eigenvalue weighted by molar-refractivity contribution is 7.71.